The van der Waals surface area contributed by atoms with Crippen LogP contribution in [-0.4, -0.2) is 41.0 Å². The zero-order chi connectivity index (χ0) is 27.2. The normalized spacial score (nSPS) is 21.7. The Morgan fingerprint density at radius 1 is 1.11 bits per heavy atom. The van der Waals surface area contributed by atoms with Gasteiger partial charge in [0.1, 0.15) is 22.9 Å². The van der Waals surface area contributed by atoms with Crippen molar-refractivity contribution >= 4 is 5.97 Å². The summed E-state index contributed by atoms with van der Waals surface area (Å²) in [4.78, 5) is 13.8. The molecule has 2 fully saturated rings. The first kappa shape index (κ1) is 26.8. The van der Waals surface area contributed by atoms with Crippen LogP contribution in [0.3, 0.4) is 0 Å². The molecule has 1 aliphatic carbocycles. The molecule has 2 aromatic carbocycles. The minimum absolute atomic E-state index is 0.0334. The monoisotopic (exact) mass is 535 g/mol. The Morgan fingerprint density at radius 2 is 1.82 bits per heavy atom. The molecule has 0 radical (unpaired) electrons. The van der Waals surface area contributed by atoms with Gasteiger partial charge in [-0.05, 0) is 92.7 Å². The van der Waals surface area contributed by atoms with Crippen LogP contribution in [0.4, 0.5) is 17.6 Å². The third kappa shape index (κ3) is 5.63. The molecule has 2 heterocycles. The fourth-order valence-corrected chi connectivity index (χ4v) is 6.21. The second-order valence-corrected chi connectivity index (χ2v) is 11.1. The highest BCUT2D eigenvalue weighted by Crippen LogP contribution is 2.49. The highest BCUT2D eigenvalue weighted by molar-refractivity contribution is 5.71. The van der Waals surface area contributed by atoms with Crippen molar-refractivity contribution in [1.82, 2.24) is 4.90 Å². The number of nitrogens with zero attached hydrogens (tertiary/aromatic N) is 1. The van der Waals surface area contributed by atoms with Gasteiger partial charge in [-0.1, -0.05) is 19.1 Å². The van der Waals surface area contributed by atoms with Crippen molar-refractivity contribution in [2.45, 2.75) is 76.3 Å². The Balaban J connectivity index is 1.28. The van der Waals surface area contributed by atoms with Crippen molar-refractivity contribution in [3.05, 3.63) is 58.9 Å². The Kier molecular flexibility index (Phi) is 7.09. The van der Waals surface area contributed by atoms with Gasteiger partial charge < -0.3 is 14.6 Å². The lowest BCUT2D eigenvalue weighted by Gasteiger charge is -2.46. The number of piperidine rings is 1. The maximum atomic E-state index is 14.6. The smallest absolute Gasteiger partial charge is 0.487 e. The standard InChI is InChI=1S/C29H33F4NO4/c1-17(27(35)36)26(20-4-5-20)21-6-3-19-9-10-28(38-25(19)15-21)11-13-34(14-12-28)18(2)23-16-22(7-8-24(23)30)37-29(31,32)33/h3,6-8,15-18,20,26H,4-5,9-14H2,1-2H3,(H,35,36). The van der Waals surface area contributed by atoms with Crippen LogP contribution in [-0.2, 0) is 11.2 Å². The molecule has 38 heavy (non-hydrogen) atoms. The number of benzene rings is 2. The summed E-state index contributed by atoms with van der Waals surface area (Å²) >= 11 is 0. The molecule has 2 aliphatic heterocycles. The molecule has 2 aromatic rings. The number of aliphatic carboxylic acids is 1. The van der Waals surface area contributed by atoms with Crippen LogP contribution in [0.25, 0.3) is 0 Å². The van der Waals surface area contributed by atoms with Gasteiger partial charge in [-0.15, -0.1) is 13.2 Å². The van der Waals surface area contributed by atoms with Crippen LogP contribution >= 0.6 is 0 Å². The second kappa shape index (κ2) is 10.1. The molecule has 206 valence electrons. The number of halogens is 4. The molecule has 3 atom stereocenters. The molecule has 1 saturated carbocycles. The predicted octanol–water partition coefficient (Wildman–Crippen LogP) is 6.86. The first-order valence-corrected chi connectivity index (χ1v) is 13.3. The molecular weight excluding hydrogens is 502 g/mol. The summed E-state index contributed by atoms with van der Waals surface area (Å²) < 4.78 is 63.2. The summed E-state index contributed by atoms with van der Waals surface area (Å²) in [6.45, 7) is 4.79. The van der Waals surface area contributed by atoms with E-state index in [1.807, 2.05) is 6.07 Å². The van der Waals surface area contributed by atoms with Crippen molar-refractivity contribution in [2.24, 2.45) is 11.8 Å². The fourth-order valence-electron chi connectivity index (χ4n) is 6.21. The number of likely N-dealkylation sites (tertiary alicyclic amines) is 1. The third-order valence-electron chi connectivity index (χ3n) is 8.62. The molecule has 3 unspecified atom stereocenters. The topological polar surface area (TPSA) is 59.0 Å². The molecular formula is C29H33F4NO4. The highest BCUT2D eigenvalue weighted by atomic mass is 19.4. The van der Waals surface area contributed by atoms with Gasteiger partial charge in [0, 0.05) is 24.7 Å². The van der Waals surface area contributed by atoms with Gasteiger partial charge in [-0.2, -0.15) is 0 Å². The van der Waals surface area contributed by atoms with Gasteiger partial charge in [0.2, 0.25) is 0 Å². The van der Waals surface area contributed by atoms with Crippen molar-refractivity contribution < 1.29 is 36.9 Å². The van der Waals surface area contributed by atoms with Crippen molar-refractivity contribution in [3.8, 4) is 11.5 Å². The van der Waals surface area contributed by atoms with Gasteiger partial charge in [0.05, 0.1) is 5.92 Å². The van der Waals surface area contributed by atoms with E-state index in [-0.39, 0.29) is 17.1 Å². The number of hydrogen-bond acceptors (Lipinski definition) is 4. The van der Waals surface area contributed by atoms with Crippen molar-refractivity contribution in [3.63, 3.8) is 0 Å². The van der Waals surface area contributed by atoms with Crippen LogP contribution in [0, 0.1) is 17.7 Å². The van der Waals surface area contributed by atoms with Gasteiger partial charge in [-0.25, -0.2) is 4.39 Å². The third-order valence-corrected chi connectivity index (χ3v) is 8.62. The van der Waals surface area contributed by atoms with E-state index in [1.165, 1.54) is 0 Å². The van der Waals surface area contributed by atoms with E-state index in [1.54, 1.807) is 13.8 Å². The quantitative estimate of drug-likeness (QED) is 0.393. The van der Waals surface area contributed by atoms with E-state index in [0.29, 0.717) is 31.8 Å². The van der Waals surface area contributed by atoms with Gasteiger partial charge in [0.25, 0.3) is 0 Å². The summed E-state index contributed by atoms with van der Waals surface area (Å²) in [5, 5.41) is 9.65. The molecule has 0 amide bonds. The van der Waals surface area contributed by atoms with E-state index >= 15 is 0 Å². The maximum absolute atomic E-state index is 14.6. The zero-order valence-electron chi connectivity index (χ0n) is 21.6. The molecule has 0 bridgehead atoms. The summed E-state index contributed by atoms with van der Waals surface area (Å²) in [6, 6.07) is 8.85. The number of fused-ring (bicyclic) bond motifs is 1. The number of carboxylic acids is 1. The van der Waals surface area contributed by atoms with Gasteiger partial charge >= 0.3 is 12.3 Å². The van der Waals surface area contributed by atoms with E-state index in [0.717, 1.165) is 60.8 Å². The lowest BCUT2D eigenvalue weighted by atomic mass is 9.80. The SMILES string of the molecule is CC(C(=O)O)C(c1ccc2c(c1)OC1(CC2)CCN(C(C)c2cc(OC(F)(F)F)ccc2F)CC1)C1CC1. The second-order valence-electron chi connectivity index (χ2n) is 11.1. The number of carbonyl (C=O) groups is 1. The minimum Gasteiger partial charge on any atom is -0.487 e. The predicted molar refractivity (Wildman–Crippen MR) is 133 cm³/mol. The fraction of sp³-hybridized carbons (Fsp3) is 0.552. The van der Waals surface area contributed by atoms with Crippen LogP contribution in [0.2, 0.25) is 0 Å². The number of hydrogen-bond donors (Lipinski definition) is 1. The van der Waals surface area contributed by atoms with Crippen molar-refractivity contribution in [2.75, 3.05) is 13.1 Å². The van der Waals surface area contributed by atoms with E-state index in [2.05, 4.69) is 21.8 Å². The van der Waals surface area contributed by atoms with Gasteiger partial charge in [0.15, 0.2) is 0 Å². The summed E-state index contributed by atoms with van der Waals surface area (Å²) in [6.07, 6.45) is 0.377. The number of rotatable bonds is 7. The van der Waals surface area contributed by atoms with Crippen LogP contribution in [0.5, 0.6) is 11.5 Å². The Morgan fingerprint density at radius 3 is 2.45 bits per heavy atom. The Labute approximate surface area is 219 Å². The lowest BCUT2D eigenvalue weighted by Crippen LogP contribution is -2.50. The first-order chi connectivity index (χ1) is 17.9. The number of alkyl halides is 3. The van der Waals surface area contributed by atoms with E-state index in [4.69, 9.17) is 4.74 Å². The summed E-state index contributed by atoms with van der Waals surface area (Å²) in [5.74, 6) is -1.08. The molecule has 1 spiro atoms. The molecule has 9 heteroatoms. The number of aryl methyl sites for hydroxylation is 1. The van der Waals surface area contributed by atoms with Crippen LogP contribution in [0.1, 0.15) is 74.6 Å². The first-order valence-electron chi connectivity index (χ1n) is 13.3. The molecule has 0 aromatic heterocycles. The van der Waals surface area contributed by atoms with E-state index in [9.17, 15) is 27.5 Å². The average Bonchev–Trinajstić information content (AvgIpc) is 3.69. The largest absolute Gasteiger partial charge is 0.573 e. The number of carboxylic acid groups (broad SMARTS) is 1. The average molecular weight is 536 g/mol. The van der Waals surface area contributed by atoms with Crippen LogP contribution < -0.4 is 9.47 Å². The Hall–Kier alpha value is -2.81. The Bertz CT molecular complexity index is 1190. The molecule has 3 aliphatic rings. The van der Waals surface area contributed by atoms with Gasteiger partial charge in [-0.3, -0.25) is 9.69 Å². The molecule has 1 saturated heterocycles. The number of ether oxygens (including phenoxy) is 2. The molecule has 1 N–H and O–H groups in total. The van der Waals surface area contributed by atoms with E-state index < -0.39 is 35.9 Å². The molecule has 5 rings (SSSR count). The highest BCUT2D eigenvalue weighted by Gasteiger charge is 2.42. The minimum atomic E-state index is -4.84. The lowest BCUT2D eigenvalue weighted by molar-refractivity contribution is -0.274. The van der Waals surface area contributed by atoms with Crippen molar-refractivity contribution in [1.29, 1.82) is 0 Å². The molecule has 5 nitrogen and oxygen atoms in total. The zero-order valence-corrected chi connectivity index (χ0v) is 21.6. The summed E-state index contributed by atoms with van der Waals surface area (Å²) in [7, 11) is 0. The maximum Gasteiger partial charge on any atom is 0.573 e. The van der Waals surface area contributed by atoms with Crippen LogP contribution in [0.15, 0.2) is 36.4 Å². The summed E-state index contributed by atoms with van der Waals surface area (Å²) in [5.41, 5.74) is 1.94.